The molecule has 0 aromatic heterocycles. The lowest BCUT2D eigenvalue weighted by Gasteiger charge is -2.24. The van der Waals surface area contributed by atoms with Gasteiger partial charge in [-0.25, -0.2) is 8.39 Å². The highest BCUT2D eigenvalue weighted by Crippen LogP contribution is 2.21. The van der Waals surface area contributed by atoms with E-state index in [2.05, 4.69) is 4.18 Å². The first-order valence-electron chi connectivity index (χ1n) is 5.30. The predicted octanol–water partition coefficient (Wildman–Crippen LogP) is -0.244. The molecule has 1 atom stereocenters. The Balaban J connectivity index is 2.17. The molecule has 0 amide bonds. The average Bonchev–Trinajstić information content (AvgIpc) is 2.24. The summed E-state index contributed by atoms with van der Waals surface area (Å²) in [5.74, 6) is 0. The lowest BCUT2D eigenvalue weighted by Crippen LogP contribution is -2.31. The van der Waals surface area contributed by atoms with Crippen LogP contribution >= 0.6 is 0 Å². The quantitative estimate of drug-likeness (QED) is 0.511. The molecule has 1 unspecified atom stereocenters. The van der Waals surface area contributed by atoms with E-state index in [4.69, 9.17) is 14.5 Å². The Morgan fingerprint density at radius 3 is 2.35 bits per heavy atom. The van der Waals surface area contributed by atoms with Gasteiger partial charge in [-0.3, -0.25) is 8.74 Å². The summed E-state index contributed by atoms with van der Waals surface area (Å²) in [5, 5.41) is -0.0551. The smallest absolute Gasteiger partial charge is 0.328 e. The minimum Gasteiger partial charge on any atom is -0.328 e. The highest BCUT2D eigenvalue weighted by atomic mass is 32.3. The van der Waals surface area contributed by atoms with Gasteiger partial charge in [0.2, 0.25) is 0 Å². The van der Waals surface area contributed by atoms with E-state index in [9.17, 15) is 12.6 Å². The largest absolute Gasteiger partial charge is 0.397 e. The van der Waals surface area contributed by atoms with Crippen LogP contribution < -0.4 is 5.73 Å². The van der Waals surface area contributed by atoms with Crippen molar-refractivity contribution in [3.63, 3.8) is 0 Å². The SMILES string of the molecule is NC1CCC(S(=O)OCCOS(=O)(=O)O)CC1. The van der Waals surface area contributed by atoms with E-state index >= 15 is 0 Å². The zero-order valence-electron chi connectivity index (χ0n) is 9.28. The molecule has 3 N–H and O–H groups in total. The molecular formula is C8H17NO6S2. The highest BCUT2D eigenvalue weighted by molar-refractivity contribution is 7.81. The third-order valence-electron chi connectivity index (χ3n) is 2.51. The highest BCUT2D eigenvalue weighted by Gasteiger charge is 2.24. The first-order chi connectivity index (χ1) is 7.88. The number of nitrogens with two attached hydrogens (primary N) is 1. The standard InChI is InChI=1S/C8H17NO6S2/c9-7-1-3-8(4-2-7)16(10)14-5-6-15-17(11,12)13/h7-8H,1-6,9H2,(H,11,12,13). The fourth-order valence-corrected chi connectivity index (χ4v) is 2.99. The van der Waals surface area contributed by atoms with Crippen molar-refractivity contribution in [3.8, 4) is 0 Å². The lowest BCUT2D eigenvalue weighted by molar-refractivity contribution is 0.209. The lowest BCUT2D eigenvalue weighted by atomic mass is 9.96. The Bertz CT molecular complexity index is 349. The van der Waals surface area contributed by atoms with Crippen molar-refractivity contribution in [3.05, 3.63) is 0 Å². The minimum atomic E-state index is -4.45. The Morgan fingerprint density at radius 1 is 1.24 bits per heavy atom. The van der Waals surface area contributed by atoms with Crippen LogP contribution in [0.5, 0.6) is 0 Å². The molecule has 0 saturated heterocycles. The van der Waals surface area contributed by atoms with Gasteiger partial charge in [0, 0.05) is 6.04 Å². The molecule has 0 spiro atoms. The number of hydrogen-bond acceptors (Lipinski definition) is 6. The van der Waals surface area contributed by atoms with Crippen LogP contribution in [0.2, 0.25) is 0 Å². The molecule has 9 heteroatoms. The average molecular weight is 287 g/mol. The van der Waals surface area contributed by atoms with E-state index in [-0.39, 0.29) is 24.5 Å². The van der Waals surface area contributed by atoms with Crippen molar-refractivity contribution in [2.45, 2.75) is 37.0 Å². The molecule has 102 valence electrons. The van der Waals surface area contributed by atoms with E-state index in [0.29, 0.717) is 0 Å². The second-order valence-electron chi connectivity index (χ2n) is 3.87. The second-order valence-corrected chi connectivity index (χ2v) is 6.38. The molecule has 17 heavy (non-hydrogen) atoms. The van der Waals surface area contributed by atoms with Crippen LogP contribution in [-0.4, -0.2) is 41.7 Å². The van der Waals surface area contributed by atoms with Crippen molar-refractivity contribution in [1.29, 1.82) is 0 Å². The van der Waals surface area contributed by atoms with Gasteiger partial charge in [0.15, 0.2) is 11.1 Å². The third-order valence-corrected chi connectivity index (χ3v) is 4.39. The summed E-state index contributed by atoms with van der Waals surface area (Å²) in [6, 6.07) is 0.172. The van der Waals surface area contributed by atoms with Gasteiger partial charge in [0.25, 0.3) is 0 Å². The van der Waals surface area contributed by atoms with Gasteiger partial charge in [-0.2, -0.15) is 8.42 Å². The molecule has 0 aromatic rings. The van der Waals surface area contributed by atoms with Crippen LogP contribution in [0.15, 0.2) is 0 Å². The normalized spacial score (nSPS) is 27.9. The van der Waals surface area contributed by atoms with Crippen LogP contribution in [-0.2, 0) is 29.8 Å². The van der Waals surface area contributed by atoms with Crippen molar-refractivity contribution >= 4 is 21.5 Å². The first kappa shape index (κ1) is 15.0. The van der Waals surface area contributed by atoms with E-state index < -0.39 is 21.5 Å². The zero-order valence-corrected chi connectivity index (χ0v) is 10.9. The maximum absolute atomic E-state index is 11.6. The molecule has 1 aliphatic rings. The van der Waals surface area contributed by atoms with E-state index in [1.165, 1.54) is 0 Å². The summed E-state index contributed by atoms with van der Waals surface area (Å²) in [6.07, 6.45) is 3.13. The van der Waals surface area contributed by atoms with Gasteiger partial charge < -0.3 is 5.73 Å². The summed E-state index contributed by atoms with van der Waals surface area (Å²) < 4.78 is 49.3. The van der Waals surface area contributed by atoms with Gasteiger partial charge in [-0.1, -0.05) is 0 Å². The molecule has 7 nitrogen and oxygen atoms in total. The van der Waals surface area contributed by atoms with E-state index in [1.54, 1.807) is 0 Å². The maximum Gasteiger partial charge on any atom is 0.397 e. The molecule has 1 rings (SSSR count). The fourth-order valence-electron chi connectivity index (χ4n) is 1.63. The number of rotatable bonds is 6. The zero-order chi connectivity index (χ0) is 12.9. The maximum atomic E-state index is 11.6. The Hall–Kier alpha value is -0.0600. The van der Waals surface area contributed by atoms with Crippen molar-refractivity contribution in [1.82, 2.24) is 0 Å². The summed E-state index contributed by atoms with van der Waals surface area (Å²) in [6.45, 7) is -0.494. The Morgan fingerprint density at radius 2 is 1.82 bits per heavy atom. The predicted molar refractivity (Wildman–Crippen MR) is 61.8 cm³/mol. The molecule has 0 aliphatic heterocycles. The van der Waals surface area contributed by atoms with Crippen LogP contribution in [0.3, 0.4) is 0 Å². The summed E-state index contributed by atoms with van der Waals surface area (Å²) >= 11 is -1.46. The summed E-state index contributed by atoms with van der Waals surface area (Å²) in [7, 11) is -4.45. The Labute approximate surface area is 103 Å². The van der Waals surface area contributed by atoms with Gasteiger partial charge in [0.05, 0.1) is 18.5 Å². The molecule has 0 radical (unpaired) electrons. The molecule has 0 bridgehead atoms. The Kier molecular flexibility index (Phi) is 5.97. The fraction of sp³-hybridized carbons (Fsp3) is 1.00. The van der Waals surface area contributed by atoms with Gasteiger partial charge in [-0.05, 0) is 25.7 Å². The molecule has 0 aromatic carbocycles. The van der Waals surface area contributed by atoms with Crippen molar-refractivity contribution in [2.24, 2.45) is 5.73 Å². The molecule has 0 heterocycles. The molecule has 1 fully saturated rings. The van der Waals surface area contributed by atoms with E-state index in [0.717, 1.165) is 25.7 Å². The van der Waals surface area contributed by atoms with Gasteiger partial charge in [0.1, 0.15) is 0 Å². The monoisotopic (exact) mass is 287 g/mol. The van der Waals surface area contributed by atoms with Crippen LogP contribution in [0.25, 0.3) is 0 Å². The third kappa shape index (κ3) is 6.43. The summed E-state index contributed by atoms with van der Waals surface area (Å²) in [5.41, 5.74) is 5.71. The van der Waals surface area contributed by atoms with E-state index in [1.807, 2.05) is 0 Å². The van der Waals surface area contributed by atoms with Crippen LogP contribution in [0.4, 0.5) is 0 Å². The molecular weight excluding hydrogens is 270 g/mol. The topological polar surface area (TPSA) is 116 Å². The van der Waals surface area contributed by atoms with Crippen molar-refractivity contribution < 1.29 is 25.5 Å². The van der Waals surface area contributed by atoms with Crippen molar-refractivity contribution in [2.75, 3.05) is 13.2 Å². The molecule has 1 aliphatic carbocycles. The van der Waals surface area contributed by atoms with Gasteiger partial charge >= 0.3 is 10.4 Å². The number of hydrogen-bond donors (Lipinski definition) is 2. The minimum absolute atomic E-state index is 0.0551. The summed E-state index contributed by atoms with van der Waals surface area (Å²) in [4.78, 5) is 0. The molecule has 1 saturated carbocycles. The van der Waals surface area contributed by atoms with Gasteiger partial charge in [-0.15, -0.1) is 0 Å². The second kappa shape index (κ2) is 6.76. The van der Waals surface area contributed by atoms with Crippen LogP contribution in [0, 0.1) is 0 Å². The van der Waals surface area contributed by atoms with Crippen LogP contribution in [0.1, 0.15) is 25.7 Å². The first-order valence-corrected chi connectivity index (χ1v) is 7.80.